The number of nitrogens with zero attached hydrogens (tertiary/aromatic N) is 4. The molecule has 140 valence electrons. The Bertz CT molecular complexity index is 890. The van der Waals surface area contributed by atoms with Crippen molar-refractivity contribution in [3.05, 3.63) is 78.0 Å². The molecular weight excluding hydrogens is 338 g/mol. The SMILES string of the molecule is Cc1nccn1[C@@H](C)C(=O)NCc1cccnc1N(C)Cc1ccccc1. The number of anilines is 1. The maximum atomic E-state index is 12.5. The molecule has 2 heterocycles. The molecule has 0 fully saturated rings. The average molecular weight is 363 g/mol. The number of nitrogens with one attached hydrogen (secondary N) is 1. The fraction of sp³-hybridized carbons (Fsp3) is 0.286. The Labute approximate surface area is 159 Å². The zero-order valence-electron chi connectivity index (χ0n) is 16.0. The van der Waals surface area contributed by atoms with Crippen molar-refractivity contribution in [2.75, 3.05) is 11.9 Å². The van der Waals surface area contributed by atoms with Crippen LogP contribution < -0.4 is 10.2 Å². The van der Waals surface area contributed by atoms with Crippen LogP contribution in [0.15, 0.2) is 61.1 Å². The van der Waals surface area contributed by atoms with Crippen molar-refractivity contribution >= 4 is 11.7 Å². The maximum Gasteiger partial charge on any atom is 0.243 e. The maximum absolute atomic E-state index is 12.5. The Morgan fingerprint density at radius 3 is 2.63 bits per heavy atom. The molecule has 0 saturated carbocycles. The lowest BCUT2D eigenvalue weighted by Crippen LogP contribution is -2.31. The number of pyridine rings is 1. The molecule has 0 unspecified atom stereocenters. The van der Waals surface area contributed by atoms with Crippen molar-refractivity contribution in [3.63, 3.8) is 0 Å². The Morgan fingerprint density at radius 2 is 1.93 bits per heavy atom. The average Bonchev–Trinajstić information content (AvgIpc) is 3.12. The van der Waals surface area contributed by atoms with E-state index >= 15 is 0 Å². The van der Waals surface area contributed by atoms with Crippen LogP contribution in [0.4, 0.5) is 5.82 Å². The van der Waals surface area contributed by atoms with Crippen LogP contribution >= 0.6 is 0 Å². The highest BCUT2D eigenvalue weighted by atomic mass is 16.2. The summed E-state index contributed by atoms with van der Waals surface area (Å²) >= 11 is 0. The molecule has 6 heteroatoms. The first-order valence-corrected chi connectivity index (χ1v) is 9.02. The van der Waals surface area contributed by atoms with Crippen LogP contribution in [0.3, 0.4) is 0 Å². The van der Waals surface area contributed by atoms with E-state index < -0.39 is 0 Å². The van der Waals surface area contributed by atoms with E-state index in [-0.39, 0.29) is 11.9 Å². The second-order valence-electron chi connectivity index (χ2n) is 6.60. The summed E-state index contributed by atoms with van der Waals surface area (Å²) in [7, 11) is 2.01. The molecule has 1 atom stereocenters. The van der Waals surface area contributed by atoms with Gasteiger partial charge in [-0.05, 0) is 25.5 Å². The van der Waals surface area contributed by atoms with Crippen LogP contribution in [-0.4, -0.2) is 27.5 Å². The Morgan fingerprint density at radius 1 is 1.15 bits per heavy atom. The molecule has 0 radical (unpaired) electrons. The topological polar surface area (TPSA) is 63.1 Å². The third-order valence-corrected chi connectivity index (χ3v) is 4.60. The third kappa shape index (κ3) is 4.53. The number of carbonyl (C=O) groups excluding carboxylic acids is 1. The Balaban J connectivity index is 1.67. The standard InChI is InChI=1S/C21H25N5O/c1-16(26-13-12-22-17(26)2)21(27)24-14-19-10-7-11-23-20(19)25(3)15-18-8-5-4-6-9-18/h4-13,16H,14-15H2,1-3H3,(H,24,27)/t16-/m0/s1. The van der Waals surface area contributed by atoms with Crippen molar-refractivity contribution in [3.8, 4) is 0 Å². The van der Waals surface area contributed by atoms with Crippen molar-refractivity contribution in [1.82, 2.24) is 19.9 Å². The van der Waals surface area contributed by atoms with Crippen molar-refractivity contribution in [1.29, 1.82) is 0 Å². The van der Waals surface area contributed by atoms with Gasteiger partial charge in [0, 0.05) is 44.3 Å². The first-order valence-electron chi connectivity index (χ1n) is 9.02. The van der Waals surface area contributed by atoms with Gasteiger partial charge in [0.25, 0.3) is 0 Å². The second-order valence-corrected chi connectivity index (χ2v) is 6.60. The second kappa shape index (κ2) is 8.49. The van der Waals surface area contributed by atoms with E-state index in [1.807, 2.05) is 62.0 Å². The molecule has 0 saturated heterocycles. The van der Waals surface area contributed by atoms with Crippen LogP contribution in [-0.2, 0) is 17.9 Å². The van der Waals surface area contributed by atoms with Gasteiger partial charge >= 0.3 is 0 Å². The third-order valence-electron chi connectivity index (χ3n) is 4.60. The normalized spacial score (nSPS) is 11.8. The lowest BCUT2D eigenvalue weighted by molar-refractivity contribution is -0.124. The number of hydrogen-bond donors (Lipinski definition) is 1. The Hall–Kier alpha value is -3.15. The summed E-state index contributed by atoms with van der Waals surface area (Å²) < 4.78 is 1.86. The lowest BCUT2D eigenvalue weighted by Gasteiger charge is -2.22. The van der Waals surface area contributed by atoms with Gasteiger partial charge in [-0.15, -0.1) is 0 Å². The predicted octanol–water partition coefficient (Wildman–Crippen LogP) is 3.10. The van der Waals surface area contributed by atoms with Gasteiger partial charge in [0.2, 0.25) is 5.91 Å². The molecule has 1 amide bonds. The van der Waals surface area contributed by atoms with Crippen LogP contribution in [0.1, 0.15) is 29.9 Å². The summed E-state index contributed by atoms with van der Waals surface area (Å²) in [5.41, 5.74) is 2.20. The molecular formula is C21H25N5O. The highest BCUT2D eigenvalue weighted by Gasteiger charge is 2.17. The van der Waals surface area contributed by atoms with Crippen LogP contribution in [0, 0.1) is 6.92 Å². The molecule has 0 bridgehead atoms. The van der Waals surface area contributed by atoms with Crippen molar-refractivity contribution in [2.24, 2.45) is 0 Å². The molecule has 6 nitrogen and oxygen atoms in total. The number of hydrogen-bond acceptors (Lipinski definition) is 4. The smallest absolute Gasteiger partial charge is 0.243 e. The minimum atomic E-state index is -0.310. The fourth-order valence-electron chi connectivity index (χ4n) is 3.10. The van der Waals surface area contributed by atoms with Gasteiger partial charge < -0.3 is 14.8 Å². The minimum Gasteiger partial charge on any atom is -0.355 e. The summed E-state index contributed by atoms with van der Waals surface area (Å²) in [5.74, 6) is 1.65. The van der Waals surface area contributed by atoms with E-state index in [0.717, 1.165) is 23.8 Å². The number of aryl methyl sites for hydroxylation is 1. The monoisotopic (exact) mass is 363 g/mol. The first kappa shape index (κ1) is 18.6. The van der Waals surface area contributed by atoms with Crippen LogP contribution in [0.25, 0.3) is 0 Å². The predicted molar refractivity (Wildman–Crippen MR) is 106 cm³/mol. The molecule has 2 aromatic heterocycles. The van der Waals surface area contributed by atoms with E-state index in [1.54, 1.807) is 12.4 Å². The minimum absolute atomic E-state index is 0.0448. The largest absolute Gasteiger partial charge is 0.355 e. The number of aromatic nitrogens is 3. The quantitative estimate of drug-likeness (QED) is 0.701. The van der Waals surface area contributed by atoms with Gasteiger partial charge in [-0.25, -0.2) is 9.97 Å². The number of amides is 1. The molecule has 0 aliphatic carbocycles. The molecule has 1 N–H and O–H groups in total. The van der Waals surface area contributed by atoms with Crippen LogP contribution in [0.2, 0.25) is 0 Å². The molecule has 3 aromatic rings. The van der Waals surface area contributed by atoms with Gasteiger partial charge in [0.05, 0.1) is 0 Å². The highest BCUT2D eigenvalue weighted by molar-refractivity contribution is 5.80. The Kier molecular flexibility index (Phi) is 5.86. The summed E-state index contributed by atoms with van der Waals surface area (Å²) in [5, 5.41) is 3.02. The van der Waals surface area contributed by atoms with E-state index in [4.69, 9.17) is 0 Å². The molecule has 0 aliphatic heterocycles. The van der Waals surface area contributed by atoms with E-state index in [2.05, 4.69) is 32.3 Å². The lowest BCUT2D eigenvalue weighted by atomic mass is 10.2. The summed E-state index contributed by atoms with van der Waals surface area (Å²) in [4.78, 5) is 23.3. The van der Waals surface area contributed by atoms with Gasteiger partial charge in [0.1, 0.15) is 17.7 Å². The first-order chi connectivity index (χ1) is 13.1. The zero-order valence-corrected chi connectivity index (χ0v) is 16.0. The van der Waals surface area contributed by atoms with Gasteiger partial charge in [0.15, 0.2) is 0 Å². The fourth-order valence-corrected chi connectivity index (χ4v) is 3.10. The zero-order chi connectivity index (χ0) is 19.2. The summed E-state index contributed by atoms with van der Waals surface area (Å²) in [6, 6.07) is 13.8. The van der Waals surface area contributed by atoms with Gasteiger partial charge in [-0.2, -0.15) is 0 Å². The number of benzene rings is 1. The number of carbonyl (C=O) groups is 1. The molecule has 27 heavy (non-hydrogen) atoms. The van der Waals surface area contributed by atoms with Crippen LogP contribution in [0.5, 0.6) is 0 Å². The summed E-state index contributed by atoms with van der Waals surface area (Å²) in [6.07, 6.45) is 5.30. The van der Waals surface area contributed by atoms with Crippen molar-refractivity contribution in [2.45, 2.75) is 33.0 Å². The molecule has 0 aliphatic rings. The summed E-state index contributed by atoms with van der Waals surface area (Å²) in [6.45, 7) is 4.94. The molecule has 3 rings (SSSR count). The molecule has 0 spiro atoms. The van der Waals surface area contributed by atoms with Crippen molar-refractivity contribution < 1.29 is 4.79 Å². The van der Waals surface area contributed by atoms with E-state index in [9.17, 15) is 4.79 Å². The number of imidazole rings is 1. The van der Waals surface area contributed by atoms with Gasteiger partial charge in [-0.1, -0.05) is 36.4 Å². The number of rotatable bonds is 7. The van der Waals surface area contributed by atoms with E-state index in [0.29, 0.717) is 6.54 Å². The van der Waals surface area contributed by atoms with Gasteiger partial charge in [-0.3, -0.25) is 4.79 Å². The highest BCUT2D eigenvalue weighted by Crippen LogP contribution is 2.18. The molecule has 1 aromatic carbocycles. The van der Waals surface area contributed by atoms with E-state index in [1.165, 1.54) is 5.56 Å².